The minimum Gasteiger partial charge on any atom is -0.394 e. The first-order valence-electron chi connectivity index (χ1n) is 5.97. The number of anilines is 1. The first-order valence-corrected chi connectivity index (χ1v) is 5.97. The van der Waals surface area contributed by atoms with Crippen molar-refractivity contribution in [2.45, 2.75) is 25.3 Å². The topological polar surface area (TPSA) is 70.1 Å². The number of amides is 1. The lowest BCUT2D eigenvalue weighted by Crippen LogP contribution is -2.34. The number of halogens is 2. The van der Waals surface area contributed by atoms with E-state index < -0.39 is 23.2 Å². The fourth-order valence-corrected chi connectivity index (χ4v) is 1.88. The van der Waals surface area contributed by atoms with Crippen molar-refractivity contribution >= 4 is 11.6 Å². The normalized spacial score (nSPS) is 13.9. The van der Waals surface area contributed by atoms with E-state index in [9.17, 15) is 13.6 Å². The number of nitriles is 1. The van der Waals surface area contributed by atoms with Crippen LogP contribution >= 0.6 is 0 Å². The predicted molar refractivity (Wildman–Crippen MR) is 65.1 cm³/mol. The van der Waals surface area contributed by atoms with Gasteiger partial charge in [-0.05, 0) is 25.0 Å². The molecule has 0 atom stereocenters. The molecule has 0 aliphatic heterocycles. The molecule has 0 saturated heterocycles. The van der Waals surface area contributed by atoms with E-state index in [1.54, 1.807) is 0 Å². The largest absolute Gasteiger partial charge is 0.394 e. The Hall–Kier alpha value is -2.16. The van der Waals surface area contributed by atoms with Crippen molar-refractivity contribution in [3.8, 4) is 6.07 Å². The molecule has 0 spiro atoms. The van der Waals surface area contributed by atoms with Crippen LogP contribution in [-0.4, -0.2) is 23.4 Å². The Labute approximate surface area is 109 Å². The third-order valence-electron chi connectivity index (χ3n) is 3.04. The SMILES string of the molecule is N#CCCN(C(=O)c1cc(F)c(N)c(F)c1)C1CC1. The van der Waals surface area contributed by atoms with Gasteiger partial charge in [0.15, 0.2) is 0 Å². The quantitative estimate of drug-likeness (QED) is 0.847. The van der Waals surface area contributed by atoms with Crippen LogP contribution in [0.25, 0.3) is 0 Å². The van der Waals surface area contributed by atoms with Gasteiger partial charge in [0.25, 0.3) is 5.91 Å². The lowest BCUT2D eigenvalue weighted by Gasteiger charge is -2.21. The molecule has 0 unspecified atom stereocenters. The van der Waals surface area contributed by atoms with Crippen LogP contribution < -0.4 is 5.73 Å². The number of hydrogen-bond acceptors (Lipinski definition) is 3. The second-order valence-electron chi connectivity index (χ2n) is 4.49. The second kappa shape index (κ2) is 5.22. The Balaban J connectivity index is 2.24. The molecule has 0 bridgehead atoms. The van der Waals surface area contributed by atoms with E-state index >= 15 is 0 Å². The maximum Gasteiger partial charge on any atom is 0.254 e. The zero-order chi connectivity index (χ0) is 14.0. The zero-order valence-electron chi connectivity index (χ0n) is 10.2. The molecule has 100 valence electrons. The van der Waals surface area contributed by atoms with Gasteiger partial charge in [0, 0.05) is 18.2 Å². The van der Waals surface area contributed by atoms with Crippen molar-refractivity contribution < 1.29 is 13.6 Å². The Morgan fingerprint density at radius 1 is 1.42 bits per heavy atom. The monoisotopic (exact) mass is 265 g/mol. The van der Waals surface area contributed by atoms with Gasteiger partial charge in [-0.3, -0.25) is 4.79 Å². The molecule has 1 aliphatic carbocycles. The second-order valence-corrected chi connectivity index (χ2v) is 4.49. The van der Waals surface area contributed by atoms with Crippen LogP contribution in [0, 0.1) is 23.0 Å². The summed E-state index contributed by atoms with van der Waals surface area (Å²) in [5.74, 6) is -2.35. The molecule has 1 aromatic carbocycles. The fourth-order valence-electron chi connectivity index (χ4n) is 1.88. The molecule has 1 amide bonds. The number of benzene rings is 1. The Morgan fingerprint density at radius 3 is 2.47 bits per heavy atom. The summed E-state index contributed by atoms with van der Waals surface area (Å²) in [4.78, 5) is 13.7. The number of nitrogens with two attached hydrogens (primary N) is 1. The van der Waals surface area contributed by atoms with Crippen LogP contribution in [0.3, 0.4) is 0 Å². The van der Waals surface area contributed by atoms with Gasteiger partial charge in [-0.1, -0.05) is 0 Å². The first kappa shape index (κ1) is 13.3. The standard InChI is InChI=1S/C13H13F2N3O/c14-10-6-8(7-11(15)12(10)17)13(19)18(5-1-4-16)9-2-3-9/h6-7,9H,1-3,5,17H2. The molecule has 6 heteroatoms. The predicted octanol–water partition coefficient (Wildman–Crippen LogP) is 2.07. The highest BCUT2D eigenvalue weighted by molar-refractivity contribution is 5.95. The van der Waals surface area contributed by atoms with Crippen LogP contribution in [0.5, 0.6) is 0 Å². The van der Waals surface area contributed by atoms with Crippen LogP contribution in [0.2, 0.25) is 0 Å². The Bertz CT molecular complexity index is 526. The van der Waals surface area contributed by atoms with Crippen molar-refractivity contribution in [3.05, 3.63) is 29.3 Å². The fraction of sp³-hybridized carbons (Fsp3) is 0.385. The van der Waals surface area contributed by atoms with Gasteiger partial charge in [-0.15, -0.1) is 0 Å². The molecule has 2 N–H and O–H groups in total. The molecule has 1 saturated carbocycles. The maximum atomic E-state index is 13.3. The summed E-state index contributed by atoms with van der Waals surface area (Å²) in [6, 6.07) is 3.90. The minimum absolute atomic E-state index is 0.0736. The molecule has 4 nitrogen and oxygen atoms in total. The number of nitrogen functional groups attached to an aromatic ring is 1. The summed E-state index contributed by atoms with van der Waals surface area (Å²) in [5.41, 5.74) is 4.50. The molecule has 2 rings (SSSR count). The van der Waals surface area contributed by atoms with Crippen LogP contribution in [0.15, 0.2) is 12.1 Å². The van der Waals surface area contributed by atoms with E-state index in [1.807, 2.05) is 6.07 Å². The molecule has 0 aromatic heterocycles. The molecule has 0 radical (unpaired) electrons. The first-order chi connectivity index (χ1) is 9.04. The third kappa shape index (κ3) is 2.81. The van der Waals surface area contributed by atoms with Gasteiger partial charge >= 0.3 is 0 Å². The van der Waals surface area contributed by atoms with E-state index in [0.717, 1.165) is 25.0 Å². The molecular formula is C13H13F2N3O. The van der Waals surface area contributed by atoms with E-state index in [1.165, 1.54) is 4.90 Å². The summed E-state index contributed by atoms with van der Waals surface area (Å²) in [6.07, 6.45) is 1.91. The van der Waals surface area contributed by atoms with Gasteiger partial charge < -0.3 is 10.6 Å². The van der Waals surface area contributed by atoms with Crippen molar-refractivity contribution in [1.29, 1.82) is 5.26 Å². The Kier molecular flexibility index (Phi) is 3.65. The molecule has 1 fully saturated rings. The van der Waals surface area contributed by atoms with Crippen molar-refractivity contribution in [2.75, 3.05) is 12.3 Å². The van der Waals surface area contributed by atoms with Gasteiger partial charge in [-0.2, -0.15) is 5.26 Å². The summed E-state index contributed by atoms with van der Waals surface area (Å²) in [5, 5.41) is 8.57. The summed E-state index contributed by atoms with van der Waals surface area (Å²) >= 11 is 0. The highest BCUT2D eigenvalue weighted by Gasteiger charge is 2.33. The van der Waals surface area contributed by atoms with Gasteiger partial charge in [0.2, 0.25) is 0 Å². The molecule has 19 heavy (non-hydrogen) atoms. The molecule has 1 aliphatic rings. The summed E-state index contributed by atoms with van der Waals surface area (Å²) in [7, 11) is 0. The number of nitrogens with zero attached hydrogens (tertiary/aromatic N) is 2. The van der Waals surface area contributed by atoms with E-state index in [4.69, 9.17) is 11.0 Å². The summed E-state index contributed by atoms with van der Waals surface area (Å²) in [6.45, 7) is 0.271. The average molecular weight is 265 g/mol. The maximum absolute atomic E-state index is 13.3. The summed E-state index contributed by atoms with van der Waals surface area (Å²) < 4.78 is 26.7. The average Bonchev–Trinajstić information content (AvgIpc) is 3.20. The van der Waals surface area contributed by atoms with Gasteiger partial charge in [0.1, 0.15) is 17.3 Å². The van der Waals surface area contributed by atoms with Crippen molar-refractivity contribution in [3.63, 3.8) is 0 Å². The minimum atomic E-state index is -0.945. The van der Waals surface area contributed by atoms with Crippen molar-refractivity contribution in [1.82, 2.24) is 4.90 Å². The highest BCUT2D eigenvalue weighted by Crippen LogP contribution is 2.29. The lowest BCUT2D eigenvalue weighted by molar-refractivity contribution is 0.0746. The highest BCUT2D eigenvalue weighted by atomic mass is 19.1. The Morgan fingerprint density at radius 2 is 2.00 bits per heavy atom. The zero-order valence-corrected chi connectivity index (χ0v) is 10.2. The number of rotatable bonds is 4. The van der Waals surface area contributed by atoms with E-state index in [-0.39, 0.29) is 24.6 Å². The lowest BCUT2D eigenvalue weighted by atomic mass is 10.1. The van der Waals surface area contributed by atoms with Crippen LogP contribution in [-0.2, 0) is 0 Å². The molecule has 1 aromatic rings. The van der Waals surface area contributed by atoms with Crippen LogP contribution in [0.4, 0.5) is 14.5 Å². The number of carbonyl (C=O) groups is 1. The molecule has 0 heterocycles. The van der Waals surface area contributed by atoms with E-state index in [2.05, 4.69) is 0 Å². The third-order valence-corrected chi connectivity index (χ3v) is 3.04. The van der Waals surface area contributed by atoms with Gasteiger partial charge in [-0.25, -0.2) is 8.78 Å². The molecular weight excluding hydrogens is 252 g/mol. The van der Waals surface area contributed by atoms with Gasteiger partial charge in [0.05, 0.1) is 12.5 Å². The number of hydrogen-bond donors (Lipinski definition) is 1. The number of carbonyl (C=O) groups excluding carboxylic acids is 1. The van der Waals surface area contributed by atoms with E-state index in [0.29, 0.717) is 0 Å². The van der Waals surface area contributed by atoms with Crippen molar-refractivity contribution in [2.24, 2.45) is 0 Å². The van der Waals surface area contributed by atoms with Crippen LogP contribution in [0.1, 0.15) is 29.6 Å². The smallest absolute Gasteiger partial charge is 0.254 e.